The van der Waals surface area contributed by atoms with Gasteiger partial charge in [-0.15, -0.1) is 0 Å². The fourth-order valence-electron chi connectivity index (χ4n) is 1.77. The smallest absolute Gasteiger partial charge is 0.234 e. The maximum atomic E-state index is 12.0. The van der Waals surface area contributed by atoms with Crippen LogP contribution in [0.1, 0.15) is 46.5 Å². The van der Waals surface area contributed by atoms with Crippen molar-refractivity contribution in [2.24, 2.45) is 5.73 Å². The van der Waals surface area contributed by atoms with Crippen LogP contribution < -0.4 is 11.1 Å². The van der Waals surface area contributed by atoms with E-state index < -0.39 is 0 Å². The van der Waals surface area contributed by atoms with Crippen LogP contribution >= 0.6 is 12.2 Å². The second kappa shape index (κ2) is 6.48. The van der Waals surface area contributed by atoms with E-state index in [-0.39, 0.29) is 11.4 Å². The van der Waals surface area contributed by atoms with Gasteiger partial charge in [0.2, 0.25) is 5.91 Å². The molecule has 0 bridgehead atoms. The minimum Gasteiger partial charge on any atom is -0.393 e. The van der Waals surface area contributed by atoms with Crippen molar-refractivity contribution in [3.8, 4) is 0 Å². The van der Waals surface area contributed by atoms with Crippen LogP contribution in [-0.4, -0.2) is 40.5 Å². The van der Waals surface area contributed by atoms with Crippen LogP contribution in [0.4, 0.5) is 0 Å². The van der Waals surface area contributed by atoms with Crippen molar-refractivity contribution >= 4 is 23.1 Å². The Labute approximate surface area is 115 Å². The number of nitrogens with zero attached hydrogens (tertiary/aromatic N) is 1. The Bertz CT molecular complexity index is 313. The van der Waals surface area contributed by atoms with Gasteiger partial charge < -0.3 is 11.1 Å². The molecule has 0 unspecified atom stereocenters. The Morgan fingerprint density at radius 3 is 2.56 bits per heavy atom. The first kappa shape index (κ1) is 15.4. The summed E-state index contributed by atoms with van der Waals surface area (Å²) in [6, 6.07) is 0.551. The molecule has 5 heteroatoms. The standard InChI is InChI=1S/C13H25N3OS/c1-4-13(2,3)15-12(17)9-16(10-5-6-10)8-7-11(14)18/h10H,4-9H2,1-3H3,(H2,14,18)(H,15,17). The lowest BCUT2D eigenvalue weighted by Gasteiger charge is -2.27. The maximum Gasteiger partial charge on any atom is 0.234 e. The quantitative estimate of drug-likeness (QED) is 0.656. The average molecular weight is 271 g/mol. The molecular weight excluding hydrogens is 246 g/mol. The first-order valence-electron chi connectivity index (χ1n) is 6.67. The summed E-state index contributed by atoms with van der Waals surface area (Å²) in [6.45, 7) is 7.41. The summed E-state index contributed by atoms with van der Waals surface area (Å²) >= 11 is 4.89. The molecule has 0 saturated heterocycles. The fourth-order valence-corrected chi connectivity index (χ4v) is 1.87. The van der Waals surface area contributed by atoms with Crippen LogP contribution in [0.15, 0.2) is 0 Å². The number of hydrogen-bond acceptors (Lipinski definition) is 3. The molecular formula is C13H25N3OS. The van der Waals surface area contributed by atoms with Crippen LogP contribution in [0.25, 0.3) is 0 Å². The predicted octanol–water partition coefficient (Wildman–Crippen LogP) is 1.43. The maximum absolute atomic E-state index is 12.0. The van der Waals surface area contributed by atoms with E-state index in [0.29, 0.717) is 24.0 Å². The number of thiocarbonyl (C=S) groups is 1. The van der Waals surface area contributed by atoms with E-state index in [1.165, 1.54) is 12.8 Å². The number of nitrogens with two attached hydrogens (primary N) is 1. The average Bonchev–Trinajstić information content (AvgIpc) is 3.07. The topological polar surface area (TPSA) is 58.4 Å². The summed E-state index contributed by atoms with van der Waals surface area (Å²) in [4.78, 5) is 14.7. The lowest BCUT2D eigenvalue weighted by atomic mass is 10.0. The molecule has 1 rings (SSSR count). The van der Waals surface area contributed by atoms with Gasteiger partial charge in [-0.1, -0.05) is 19.1 Å². The summed E-state index contributed by atoms with van der Waals surface area (Å²) in [5.41, 5.74) is 5.39. The van der Waals surface area contributed by atoms with E-state index in [4.69, 9.17) is 18.0 Å². The van der Waals surface area contributed by atoms with Gasteiger partial charge in [0.15, 0.2) is 0 Å². The molecule has 0 atom stereocenters. The third kappa shape index (κ3) is 5.78. The third-order valence-corrected chi connectivity index (χ3v) is 3.62. The molecule has 18 heavy (non-hydrogen) atoms. The molecule has 1 aliphatic rings. The van der Waals surface area contributed by atoms with Crippen LogP contribution in [0, 0.1) is 0 Å². The normalized spacial score (nSPS) is 15.8. The minimum atomic E-state index is -0.129. The molecule has 3 N–H and O–H groups in total. The van der Waals surface area contributed by atoms with Gasteiger partial charge in [-0.2, -0.15) is 0 Å². The predicted molar refractivity (Wildman–Crippen MR) is 78.5 cm³/mol. The second-order valence-corrected chi connectivity index (χ2v) is 6.23. The molecule has 0 heterocycles. The van der Waals surface area contributed by atoms with Gasteiger partial charge in [-0.3, -0.25) is 9.69 Å². The molecule has 1 saturated carbocycles. The van der Waals surface area contributed by atoms with Crippen LogP contribution in [0.2, 0.25) is 0 Å². The summed E-state index contributed by atoms with van der Waals surface area (Å²) in [7, 11) is 0. The molecule has 4 nitrogen and oxygen atoms in total. The van der Waals surface area contributed by atoms with E-state index in [9.17, 15) is 4.79 Å². The third-order valence-electron chi connectivity index (χ3n) is 3.42. The highest BCUT2D eigenvalue weighted by atomic mass is 32.1. The van der Waals surface area contributed by atoms with Crippen molar-refractivity contribution < 1.29 is 4.79 Å². The van der Waals surface area contributed by atoms with Crippen molar-refractivity contribution in [1.29, 1.82) is 0 Å². The van der Waals surface area contributed by atoms with Crippen LogP contribution in [0.5, 0.6) is 0 Å². The number of amides is 1. The van der Waals surface area contributed by atoms with E-state index in [2.05, 4.69) is 17.1 Å². The number of rotatable bonds is 8. The van der Waals surface area contributed by atoms with Crippen molar-refractivity contribution in [3.05, 3.63) is 0 Å². The fraction of sp³-hybridized carbons (Fsp3) is 0.846. The Morgan fingerprint density at radius 1 is 1.50 bits per heavy atom. The molecule has 0 aromatic rings. The zero-order valence-corrected chi connectivity index (χ0v) is 12.5. The highest BCUT2D eigenvalue weighted by molar-refractivity contribution is 7.80. The number of nitrogens with one attached hydrogen (secondary N) is 1. The van der Waals surface area contributed by atoms with Crippen molar-refractivity contribution in [1.82, 2.24) is 10.2 Å². The summed E-state index contributed by atoms with van der Waals surface area (Å²) < 4.78 is 0. The molecule has 1 amide bonds. The van der Waals surface area contributed by atoms with Gasteiger partial charge in [-0.05, 0) is 33.1 Å². The lowest BCUT2D eigenvalue weighted by molar-refractivity contribution is -0.124. The van der Waals surface area contributed by atoms with Gasteiger partial charge in [0, 0.05) is 24.5 Å². The Balaban J connectivity index is 2.40. The number of carbonyl (C=O) groups is 1. The first-order valence-corrected chi connectivity index (χ1v) is 7.08. The van der Waals surface area contributed by atoms with Gasteiger partial charge >= 0.3 is 0 Å². The number of carbonyl (C=O) groups excluding carboxylic acids is 1. The molecule has 0 aromatic carbocycles. The van der Waals surface area contributed by atoms with Gasteiger partial charge in [0.05, 0.1) is 11.5 Å². The summed E-state index contributed by atoms with van der Waals surface area (Å²) in [6.07, 6.45) is 3.98. The zero-order chi connectivity index (χ0) is 13.8. The highest BCUT2D eigenvalue weighted by Gasteiger charge is 2.30. The van der Waals surface area contributed by atoms with Crippen LogP contribution in [-0.2, 0) is 4.79 Å². The first-order chi connectivity index (χ1) is 8.34. The van der Waals surface area contributed by atoms with Crippen LogP contribution in [0.3, 0.4) is 0 Å². The SMILES string of the molecule is CCC(C)(C)NC(=O)CN(CCC(N)=S)C1CC1. The van der Waals surface area contributed by atoms with Gasteiger partial charge in [0.25, 0.3) is 0 Å². The molecule has 1 aliphatic carbocycles. The second-order valence-electron chi connectivity index (χ2n) is 5.70. The van der Waals surface area contributed by atoms with Gasteiger partial charge in [-0.25, -0.2) is 0 Å². The molecule has 104 valence electrons. The lowest BCUT2D eigenvalue weighted by Crippen LogP contribution is -2.48. The van der Waals surface area contributed by atoms with Crippen molar-refractivity contribution in [2.45, 2.75) is 58.0 Å². The van der Waals surface area contributed by atoms with E-state index in [1.54, 1.807) is 0 Å². The number of hydrogen-bond donors (Lipinski definition) is 2. The van der Waals surface area contributed by atoms with E-state index in [1.807, 2.05) is 13.8 Å². The van der Waals surface area contributed by atoms with E-state index in [0.717, 1.165) is 13.0 Å². The summed E-state index contributed by atoms with van der Waals surface area (Å²) in [5, 5.41) is 3.06. The molecule has 0 aromatic heterocycles. The van der Waals surface area contributed by atoms with Crippen molar-refractivity contribution in [2.75, 3.05) is 13.1 Å². The van der Waals surface area contributed by atoms with E-state index >= 15 is 0 Å². The van der Waals surface area contributed by atoms with Crippen molar-refractivity contribution in [3.63, 3.8) is 0 Å². The van der Waals surface area contributed by atoms with Gasteiger partial charge in [0.1, 0.15) is 0 Å². The highest BCUT2D eigenvalue weighted by Crippen LogP contribution is 2.26. The molecule has 0 spiro atoms. The largest absolute Gasteiger partial charge is 0.393 e. The Kier molecular flexibility index (Phi) is 5.53. The molecule has 0 radical (unpaired) electrons. The molecule has 0 aliphatic heterocycles. The minimum absolute atomic E-state index is 0.0942. The monoisotopic (exact) mass is 271 g/mol. The summed E-state index contributed by atoms with van der Waals surface area (Å²) in [5.74, 6) is 0.0942. The Hall–Kier alpha value is -0.680. The Morgan fingerprint density at radius 2 is 2.11 bits per heavy atom. The zero-order valence-electron chi connectivity index (χ0n) is 11.7. The molecule has 1 fully saturated rings.